The van der Waals surface area contributed by atoms with Crippen LogP contribution in [0.5, 0.6) is 0 Å². The van der Waals surface area contributed by atoms with Crippen LogP contribution in [0.25, 0.3) is 0 Å². The largest absolute Gasteiger partial charge is 1.41 e. The van der Waals surface area contributed by atoms with Gasteiger partial charge in [0.05, 0.1) is 0 Å². The van der Waals surface area contributed by atoms with Crippen LogP contribution in [0.1, 0.15) is 80.1 Å². The Kier molecular flexibility index (Phi) is 14.0. The van der Waals surface area contributed by atoms with Crippen molar-refractivity contribution in [1.82, 2.24) is 5.32 Å². The number of hydrogen-bond donors (Lipinski definition) is 1. The molecule has 1 saturated heterocycles. The Morgan fingerprint density at radius 3 is 2.00 bits per heavy atom. The molecule has 1 fully saturated rings. The monoisotopic (exact) mass is 285 g/mol. The van der Waals surface area contributed by atoms with Gasteiger partial charge >= 0.3 is 21.7 Å². The summed E-state index contributed by atoms with van der Waals surface area (Å²) in [6, 6.07) is 0. The van der Waals surface area contributed by atoms with E-state index in [0.717, 1.165) is 5.92 Å². The second kappa shape index (κ2) is 11.8. The molecule has 1 aliphatic heterocycles. The summed E-state index contributed by atoms with van der Waals surface area (Å²) in [5.74, 6) is 0.902. The number of unbranched alkanes of at least 4 members (excludes halogenated alkanes) is 2. The molecule has 1 unspecified atom stereocenters. The van der Waals surface area contributed by atoms with E-state index in [1.165, 1.54) is 49.6 Å². The summed E-state index contributed by atoms with van der Waals surface area (Å²) >= 11 is 2.05. The van der Waals surface area contributed by atoms with Crippen molar-refractivity contribution in [3.05, 3.63) is 0 Å². The predicted molar refractivity (Wildman–Crippen MR) is 94.7 cm³/mol. The van der Waals surface area contributed by atoms with Crippen LogP contribution < -0.4 is 5.32 Å². The van der Waals surface area contributed by atoms with Crippen molar-refractivity contribution in [1.29, 1.82) is 0 Å². The van der Waals surface area contributed by atoms with E-state index in [1.54, 1.807) is 0 Å². The van der Waals surface area contributed by atoms with Crippen LogP contribution in [0, 0.1) is 11.3 Å². The van der Waals surface area contributed by atoms with Crippen molar-refractivity contribution in [2.75, 3.05) is 6.54 Å². The molecule has 0 amide bonds. The molecule has 0 saturated carbocycles. The molecule has 1 heterocycles. The van der Waals surface area contributed by atoms with Crippen molar-refractivity contribution in [2.24, 2.45) is 11.3 Å². The van der Waals surface area contributed by atoms with Gasteiger partial charge in [0.15, 0.2) is 0 Å². The Hall–Kier alpha value is 1.32. The van der Waals surface area contributed by atoms with E-state index in [0.29, 0.717) is 11.0 Å². The zero-order chi connectivity index (χ0) is 14.9. The van der Waals surface area contributed by atoms with Gasteiger partial charge < -0.3 is 5.32 Å². The van der Waals surface area contributed by atoms with Gasteiger partial charge in [-0.15, -0.1) is 0 Å². The zero-order valence-electron chi connectivity index (χ0n) is 15.4. The molecule has 0 aromatic rings. The second-order valence-electron chi connectivity index (χ2n) is 7.11. The van der Waals surface area contributed by atoms with E-state index in [9.17, 15) is 0 Å². The van der Waals surface area contributed by atoms with Crippen LogP contribution >= 0.6 is 0 Å². The summed E-state index contributed by atoms with van der Waals surface area (Å²) in [4.78, 5) is 0. The Balaban J connectivity index is 0. The Bertz CT molecular complexity index is 227. The van der Waals surface area contributed by atoms with Crippen LogP contribution in [0.15, 0.2) is 0 Å². The molecular weight excluding hydrogens is 249 g/mol. The topological polar surface area (TPSA) is 12.0 Å². The molecule has 1 rings (SSSR count). The molecule has 1 atom stereocenters. The number of piperidine rings is 1. The van der Waals surface area contributed by atoms with Crippen molar-refractivity contribution in [3.63, 3.8) is 0 Å². The molecule has 3 heteroatoms. The first kappa shape index (κ1) is 23.6. The second-order valence-corrected chi connectivity index (χ2v) is 7.82. The average Bonchev–Trinajstić information content (AvgIpc) is 2.33. The van der Waals surface area contributed by atoms with Gasteiger partial charge in [0.1, 0.15) is 0 Å². The quantitative estimate of drug-likeness (QED) is 0.729. The number of rotatable bonds is 5. The van der Waals surface area contributed by atoms with Gasteiger partial charge in [0.2, 0.25) is 0 Å². The Morgan fingerprint density at radius 1 is 1.05 bits per heavy atom. The molecule has 20 heavy (non-hydrogen) atoms. The number of hydrogen-bond acceptors (Lipinski definition) is 1. The van der Waals surface area contributed by atoms with Gasteiger partial charge in [-0.3, -0.25) is 0 Å². The summed E-state index contributed by atoms with van der Waals surface area (Å²) in [5.41, 5.74) is 0.726. The first-order valence-electron chi connectivity index (χ1n) is 8.37. The van der Waals surface area contributed by atoms with E-state index in [2.05, 4.69) is 46.9 Å². The normalized spacial score (nSPS) is 23.2. The van der Waals surface area contributed by atoms with E-state index in [4.69, 9.17) is 0 Å². The molecule has 1 nitrogen and oxygen atoms in total. The minimum atomic E-state index is 0. The van der Waals surface area contributed by atoms with Crippen LogP contribution in [0.2, 0.25) is 4.55 Å². The SMILES string of the molecule is CCCCC1CCNC(C)(C)C1(C)C.CCC[CH2][Mg+2].[Li]. The third-order valence-corrected chi connectivity index (χ3v) is 5.70. The molecule has 0 bridgehead atoms. The first-order chi connectivity index (χ1) is 8.83. The maximum atomic E-state index is 3.66. The summed E-state index contributed by atoms with van der Waals surface area (Å²) in [6.07, 6.45) is 8.25. The Labute approximate surface area is 153 Å². The van der Waals surface area contributed by atoms with Crippen molar-refractivity contribution < 1.29 is 0 Å². The fourth-order valence-electron chi connectivity index (χ4n) is 2.86. The van der Waals surface area contributed by atoms with Crippen molar-refractivity contribution >= 4 is 40.6 Å². The molecule has 0 aliphatic carbocycles. The minimum Gasteiger partial charge on any atom is -0.311 e. The van der Waals surface area contributed by atoms with Crippen LogP contribution in [-0.2, 0) is 0 Å². The van der Waals surface area contributed by atoms with Gasteiger partial charge in [-0.1, -0.05) is 40.5 Å². The molecule has 0 spiro atoms. The summed E-state index contributed by atoms with van der Waals surface area (Å²) in [6.45, 7) is 15.3. The molecule has 0 aromatic carbocycles. The zero-order valence-corrected chi connectivity index (χ0v) is 16.9. The molecular formula is C17H36LiMgN+2. The standard InChI is InChI=1S/C13H27N.C4H9.Li.Mg/c1-6-7-8-11-9-10-14-13(4,5)12(11,2)3;1-3-4-2;;/h11,14H,6-10H2,1-5H3;1,3-4H2,2H3;;/q;;;+2. The van der Waals surface area contributed by atoms with Gasteiger partial charge in [-0.2, -0.15) is 0 Å². The third-order valence-electron chi connectivity index (χ3n) is 5.20. The summed E-state index contributed by atoms with van der Waals surface area (Å²) < 4.78 is 1.37. The predicted octanol–water partition coefficient (Wildman–Crippen LogP) is 4.58. The summed E-state index contributed by atoms with van der Waals surface area (Å²) in [5, 5.41) is 3.66. The fraction of sp³-hybridized carbons (Fsp3) is 1.00. The summed E-state index contributed by atoms with van der Waals surface area (Å²) in [7, 11) is 0. The van der Waals surface area contributed by atoms with Crippen LogP contribution in [0.3, 0.4) is 0 Å². The van der Waals surface area contributed by atoms with E-state index >= 15 is 0 Å². The van der Waals surface area contributed by atoms with Gasteiger partial charge in [0, 0.05) is 30.8 Å². The molecule has 0 aromatic heterocycles. The maximum absolute atomic E-state index is 3.66. The first-order valence-corrected chi connectivity index (χ1v) is 9.37. The molecule has 1 N–H and O–H groups in total. The van der Waals surface area contributed by atoms with Gasteiger partial charge in [-0.25, -0.2) is 0 Å². The fourth-order valence-corrected chi connectivity index (χ4v) is 3.36. The van der Waals surface area contributed by atoms with E-state index in [-0.39, 0.29) is 18.9 Å². The van der Waals surface area contributed by atoms with E-state index in [1.807, 2.05) is 21.7 Å². The molecule has 110 valence electrons. The van der Waals surface area contributed by atoms with Crippen molar-refractivity contribution in [2.45, 2.75) is 90.2 Å². The van der Waals surface area contributed by atoms with E-state index < -0.39 is 0 Å². The van der Waals surface area contributed by atoms with Crippen LogP contribution in [-0.4, -0.2) is 52.7 Å². The smallest absolute Gasteiger partial charge is 0.311 e. The van der Waals surface area contributed by atoms with Crippen LogP contribution in [0.4, 0.5) is 0 Å². The van der Waals surface area contributed by atoms with Gasteiger partial charge in [-0.05, 0) is 51.0 Å². The van der Waals surface area contributed by atoms with Gasteiger partial charge in [0.25, 0.3) is 4.55 Å². The molecule has 8 radical (unpaired) electrons. The Morgan fingerprint density at radius 2 is 1.60 bits per heavy atom. The molecule has 1 aliphatic rings. The maximum Gasteiger partial charge on any atom is 1.41 e. The number of nitrogens with one attached hydrogen (secondary N) is 1. The average molecular weight is 286 g/mol. The minimum absolute atomic E-state index is 0. The van der Waals surface area contributed by atoms with Crippen molar-refractivity contribution in [3.8, 4) is 0 Å². The third kappa shape index (κ3) is 7.55.